The summed E-state index contributed by atoms with van der Waals surface area (Å²) >= 11 is 0. The van der Waals surface area contributed by atoms with Gasteiger partial charge in [-0.3, -0.25) is 4.57 Å². The number of hydrogen-bond acceptors (Lipinski definition) is 9. The Kier molecular flexibility index (Phi) is 15.5. The predicted molar refractivity (Wildman–Crippen MR) is 199 cm³/mol. The van der Waals surface area contributed by atoms with Crippen LogP contribution in [-0.2, 0) is 39.3 Å². The van der Waals surface area contributed by atoms with Gasteiger partial charge in [-0.15, -0.1) is 0 Å². The standard InChI is InChI=1S/C40H53N2O7P/c1-31-3-7-35(8-4-31)21-25-46-37-15-11-33(12-16-37)19-23-39(41,27-43)29-48-50(45)49-30-40(42,28-44)24-20-34-13-17-38(18-14-34)47-26-22-36-9-5-32(2)6-10-36/h3-18,43-44,50H,19-30,41-42H2,1-2H3/t39-,40-/m1/s1. The molecule has 0 amide bonds. The van der Waals surface area contributed by atoms with Gasteiger partial charge in [0.15, 0.2) is 0 Å². The summed E-state index contributed by atoms with van der Waals surface area (Å²) in [5, 5.41) is 20.0. The van der Waals surface area contributed by atoms with Crippen LogP contribution in [0.5, 0.6) is 11.5 Å². The molecule has 0 aliphatic heterocycles. The maximum Gasteiger partial charge on any atom is 0.319 e. The molecule has 9 nitrogen and oxygen atoms in total. The van der Waals surface area contributed by atoms with Crippen LogP contribution in [0.25, 0.3) is 0 Å². The van der Waals surface area contributed by atoms with Crippen LogP contribution in [0.2, 0.25) is 0 Å². The summed E-state index contributed by atoms with van der Waals surface area (Å²) in [5.74, 6) is 1.57. The lowest BCUT2D eigenvalue weighted by atomic mass is 9.94. The molecular formula is C40H53N2O7P. The molecule has 6 N–H and O–H groups in total. The topological polar surface area (TPSA) is 146 Å². The Morgan fingerprint density at radius 3 is 1.20 bits per heavy atom. The Bertz CT molecular complexity index is 1470. The van der Waals surface area contributed by atoms with Crippen molar-refractivity contribution in [3.63, 3.8) is 0 Å². The molecule has 0 heterocycles. The molecule has 0 unspecified atom stereocenters. The highest BCUT2D eigenvalue weighted by atomic mass is 31.1. The molecule has 4 aromatic carbocycles. The van der Waals surface area contributed by atoms with E-state index in [1.165, 1.54) is 22.3 Å². The highest BCUT2D eigenvalue weighted by Crippen LogP contribution is 2.29. The number of aryl methyl sites for hydroxylation is 4. The van der Waals surface area contributed by atoms with Crippen LogP contribution >= 0.6 is 8.25 Å². The Balaban J connectivity index is 1.13. The van der Waals surface area contributed by atoms with Crippen molar-refractivity contribution < 1.29 is 33.3 Å². The van der Waals surface area contributed by atoms with Crippen molar-refractivity contribution in [1.82, 2.24) is 0 Å². The van der Waals surface area contributed by atoms with Crippen LogP contribution in [0.1, 0.15) is 46.2 Å². The van der Waals surface area contributed by atoms with E-state index >= 15 is 0 Å². The minimum atomic E-state index is -2.98. The molecule has 4 rings (SSSR count). The number of rotatable bonds is 22. The van der Waals surface area contributed by atoms with Gasteiger partial charge in [0, 0.05) is 12.8 Å². The van der Waals surface area contributed by atoms with Crippen LogP contribution < -0.4 is 20.9 Å². The molecular weight excluding hydrogens is 651 g/mol. The summed E-state index contributed by atoms with van der Waals surface area (Å²) in [6, 6.07) is 32.4. The zero-order valence-corrected chi connectivity index (χ0v) is 30.3. The average molecular weight is 705 g/mol. The van der Waals surface area contributed by atoms with E-state index in [1.54, 1.807) is 0 Å². The minimum Gasteiger partial charge on any atom is -0.493 e. The molecule has 0 aromatic heterocycles. The van der Waals surface area contributed by atoms with Gasteiger partial charge in [-0.1, -0.05) is 83.9 Å². The fourth-order valence-electron chi connectivity index (χ4n) is 5.21. The van der Waals surface area contributed by atoms with E-state index in [4.69, 9.17) is 30.0 Å². The monoisotopic (exact) mass is 704 g/mol. The zero-order valence-electron chi connectivity index (χ0n) is 29.3. The predicted octanol–water partition coefficient (Wildman–Crippen LogP) is 5.91. The Morgan fingerprint density at radius 2 is 0.860 bits per heavy atom. The largest absolute Gasteiger partial charge is 0.493 e. The van der Waals surface area contributed by atoms with Gasteiger partial charge >= 0.3 is 8.25 Å². The number of nitrogens with two attached hydrogens (primary N) is 2. The van der Waals surface area contributed by atoms with Gasteiger partial charge in [0.2, 0.25) is 0 Å². The van der Waals surface area contributed by atoms with Crippen molar-refractivity contribution in [2.24, 2.45) is 11.5 Å². The minimum absolute atomic E-state index is 0.155. The fraction of sp³-hybridized carbons (Fsp3) is 0.400. The summed E-state index contributed by atoms with van der Waals surface area (Å²) in [6.07, 6.45) is 3.63. The second-order valence-electron chi connectivity index (χ2n) is 13.3. The SMILES string of the molecule is Cc1ccc(CCOc2ccc(CC[C@@](N)(CO)CO[PH](=O)OC[C@](N)(CO)CCc3ccc(OCCc4ccc(C)cc4)cc3)cc2)cc1. The molecule has 50 heavy (non-hydrogen) atoms. The Hall–Kier alpha value is -3.53. The summed E-state index contributed by atoms with van der Waals surface area (Å²) < 4.78 is 35.3. The zero-order chi connectivity index (χ0) is 35.8. The number of aliphatic hydroxyl groups excluding tert-OH is 2. The van der Waals surface area contributed by atoms with Crippen molar-refractivity contribution in [3.05, 3.63) is 130 Å². The fourth-order valence-corrected chi connectivity index (χ4v) is 6.11. The van der Waals surface area contributed by atoms with Gasteiger partial charge in [0.1, 0.15) is 11.5 Å². The van der Waals surface area contributed by atoms with Crippen LogP contribution in [-0.4, -0.2) is 60.9 Å². The van der Waals surface area contributed by atoms with Crippen molar-refractivity contribution in [2.75, 3.05) is 39.6 Å². The lowest BCUT2D eigenvalue weighted by Gasteiger charge is -2.28. The number of aliphatic hydroxyl groups is 2. The van der Waals surface area contributed by atoms with Crippen LogP contribution in [0.15, 0.2) is 97.1 Å². The van der Waals surface area contributed by atoms with Gasteiger partial charge < -0.3 is 40.2 Å². The third-order valence-electron chi connectivity index (χ3n) is 8.81. The maximum atomic E-state index is 12.6. The molecule has 0 radical (unpaired) electrons. The number of hydrogen-bond donors (Lipinski definition) is 4. The first-order valence-corrected chi connectivity index (χ1v) is 18.4. The van der Waals surface area contributed by atoms with Crippen LogP contribution in [0.3, 0.4) is 0 Å². The van der Waals surface area contributed by atoms with Gasteiger partial charge in [0.25, 0.3) is 0 Å². The van der Waals surface area contributed by atoms with E-state index in [9.17, 15) is 14.8 Å². The van der Waals surface area contributed by atoms with Gasteiger partial charge in [-0.25, -0.2) is 0 Å². The lowest BCUT2D eigenvalue weighted by Crippen LogP contribution is -2.49. The maximum absolute atomic E-state index is 12.6. The summed E-state index contributed by atoms with van der Waals surface area (Å²) in [7, 11) is -2.98. The molecule has 10 heteroatoms. The van der Waals surface area contributed by atoms with Gasteiger partial charge in [-0.2, -0.15) is 0 Å². The highest BCUT2D eigenvalue weighted by Gasteiger charge is 2.28. The van der Waals surface area contributed by atoms with Gasteiger partial charge in [-0.05, 0) is 86.1 Å². The van der Waals surface area contributed by atoms with Crippen LogP contribution in [0, 0.1) is 13.8 Å². The first kappa shape index (κ1) is 39.3. The quantitative estimate of drug-likeness (QED) is 0.0733. The molecule has 0 bridgehead atoms. The second-order valence-corrected chi connectivity index (χ2v) is 14.4. The third-order valence-corrected chi connectivity index (χ3v) is 9.57. The summed E-state index contributed by atoms with van der Waals surface area (Å²) in [4.78, 5) is 0. The number of benzene rings is 4. The first-order valence-electron chi connectivity index (χ1n) is 17.2. The molecule has 270 valence electrons. The average Bonchev–Trinajstić information content (AvgIpc) is 3.14. The second kappa shape index (κ2) is 19.8. The Labute approximate surface area is 297 Å². The molecule has 4 aromatic rings. The van der Waals surface area contributed by atoms with E-state index in [1.807, 2.05) is 48.5 Å². The normalized spacial score (nSPS) is 13.9. The molecule has 0 aliphatic rings. The van der Waals surface area contributed by atoms with Crippen LogP contribution in [0.4, 0.5) is 0 Å². The van der Waals surface area contributed by atoms with E-state index in [-0.39, 0.29) is 26.4 Å². The first-order chi connectivity index (χ1) is 24.1. The van der Waals surface area contributed by atoms with Gasteiger partial charge in [0.05, 0.1) is 50.7 Å². The molecule has 0 spiro atoms. The van der Waals surface area contributed by atoms with E-state index in [2.05, 4.69) is 62.4 Å². The number of ether oxygens (including phenoxy) is 2. The van der Waals surface area contributed by atoms with Crippen molar-refractivity contribution in [2.45, 2.75) is 63.5 Å². The molecule has 0 aliphatic carbocycles. The third kappa shape index (κ3) is 13.6. The highest BCUT2D eigenvalue weighted by molar-refractivity contribution is 7.33. The molecule has 0 saturated heterocycles. The Morgan fingerprint density at radius 1 is 0.540 bits per heavy atom. The van der Waals surface area contributed by atoms with E-state index < -0.39 is 19.3 Å². The summed E-state index contributed by atoms with van der Waals surface area (Å²) in [5.41, 5.74) is 17.5. The van der Waals surface area contributed by atoms with E-state index in [0.717, 1.165) is 35.5 Å². The smallest absolute Gasteiger partial charge is 0.319 e. The van der Waals surface area contributed by atoms with Crippen molar-refractivity contribution in [3.8, 4) is 11.5 Å². The van der Waals surface area contributed by atoms with E-state index in [0.29, 0.717) is 38.9 Å². The lowest BCUT2D eigenvalue weighted by molar-refractivity contribution is 0.0951. The summed E-state index contributed by atoms with van der Waals surface area (Å²) in [6.45, 7) is 4.30. The molecule has 0 saturated carbocycles. The van der Waals surface area contributed by atoms with Crippen molar-refractivity contribution >= 4 is 8.25 Å². The molecule has 2 atom stereocenters. The molecule has 0 fully saturated rings. The van der Waals surface area contributed by atoms with Crippen molar-refractivity contribution in [1.29, 1.82) is 0 Å².